The standard InChI is InChI=1S/C32H34ClNO4/c1-21(27-10-6-7-11-28(27)25-14-15-29(31(36)37)30(33)17-25)38-20-26(35)19-34-32(2,3)18-22-12-13-23-8-4-5-9-24(23)16-22/h4-17,21,26,34-35H,18-20H2,1-3H3,(H,36,37)/t21?,26-/m1/s1. The van der Waals surface area contributed by atoms with E-state index in [1.54, 1.807) is 12.1 Å². The molecule has 0 saturated heterocycles. The van der Waals surface area contributed by atoms with Crippen LogP contribution in [0.5, 0.6) is 0 Å². The first-order valence-corrected chi connectivity index (χ1v) is 13.2. The van der Waals surface area contributed by atoms with Crippen molar-refractivity contribution in [2.24, 2.45) is 0 Å². The number of nitrogens with one attached hydrogen (secondary N) is 1. The number of β-amino-alcohol motifs (C(OH)–C–C–N with tert-alkyl or cyclic N) is 1. The van der Waals surface area contributed by atoms with Crippen molar-refractivity contribution in [3.05, 3.63) is 107 Å². The SMILES string of the molecule is CC(OC[C@H](O)CNC(C)(C)Cc1ccc2ccccc2c1)c1ccccc1-c1ccc(C(=O)O)c(Cl)c1. The largest absolute Gasteiger partial charge is 0.478 e. The highest BCUT2D eigenvalue weighted by atomic mass is 35.5. The van der Waals surface area contributed by atoms with Gasteiger partial charge < -0.3 is 20.3 Å². The highest BCUT2D eigenvalue weighted by Gasteiger charge is 2.21. The first kappa shape index (κ1) is 27.8. The normalized spacial score (nSPS) is 13.4. The Morgan fingerprint density at radius 2 is 1.68 bits per heavy atom. The van der Waals surface area contributed by atoms with E-state index in [-0.39, 0.29) is 28.8 Å². The van der Waals surface area contributed by atoms with E-state index < -0.39 is 12.1 Å². The monoisotopic (exact) mass is 531 g/mol. The Morgan fingerprint density at radius 1 is 0.974 bits per heavy atom. The summed E-state index contributed by atoms with van der Waals surface area (Å²) in [5, 5.41) is 26.0. The van der Waals surface area contributed by atoms with E-state index in [9.17, 15) is 15.0 Å². The van der Waals surface area contributed by atoms with Crippen molar-refractivity contribution in [1.82, 2.24) is 5.32 Å². The lowest BCUT2D eigenvalue weighted by atomic mass is 9.93. The summed E-state index contributed by atoms with van der Waals surface area (Å²) in [7, 11) is 0. The van der Waals surface area contributed by atoms with Crippen LogP contribution in [0, 0.1) is 0 Å². The third kappa shape index (κ3) is 7.00. The summed E-state index contributed by atoms with van der Waals surface area (Å²) in [5.41, 5.74) is 3.75. The third-order valence-electron chi connectivity index (χ3n) is 6.72. The van der Waals surface area contributed by atoms with Crippen molar-refractivity contribution in [2.75, 3.05) is 13.2 Å². The van der Waals surface area contributed by atoms with Crippen LogP contribution in [0.3, 0.4) is 0 Å². The Morgan fingerprint density at radius 3 is 2.42 bits per heavy atom. The van der Waals surface area contributed by atoms with Gasteiger partial charge in [0, 0.05) is 12.1 Å². The van der Waals surface area contributed by atoms with E-state index in [2.05, 4.69) is 55.6 Å². The fraction of sp³-hybridized carbons (Fsp3) is 0.281. The molecule has 0 spiro atoms. The molecule has 4 aromatic carbocycles. The number of rotatable bonds is 11. The summed E-state index contributed by atoms with van der Waals surface area (Å²) >= 11 is 6.21. The lowest BCUT2D eigenvalue weighted by molar-refractivity contribution is -0.00397. The average Bonchev–Trinajstić information content (AvgIpc) is 2.90. The van der Waals surface area contributed by atoms with Gasteiger partial charge in [-0.25, -0.2) is 4.79 Å². The fourth-order valence-electron chi connectivity index (χ4n) is 4.69. The molecule has 0 amide bonds. The lowest BCUT2D eigenvalue weighted by Crippen LogP contribution is -2.46. The van der Waals surface area contributed by atoms with Gasteiger partial charge in [-0.2, -0.15) is 0 Å². The molecule has 0 aliphatic heterocycles. The summed E-state index contributed by atoms with van der Waals surface area (Å²) in [5.74, 6) is -1.06. The molecule has 4 rings (SSSR count). The molecule has 0 saturated carbocycles. The molecule has 0 heterocycles. The topological polar surface area (TPSA) is 78.8 Å². The van der Waals surface area contributed by atoms with E-state index in [4.69, 9.17) is 16.3 Å². The van der Waals surface area contributed by atoms with Gasteiger partial charge in [0.1, 0.15) is 0 Å². The summed E-state index contributed by atoms with van der Waals surface area (Å²) in [6.45, 7) is 6.79. The lowest BCUT2D eigenvalue weighted by Gasteiger charge is -2.28. The van der Waals surface area contributed by atoms with E-state index in [1.807, 2.05) is 37.3 Å². The number of ether oxygens (including phenoxy) is 1. The number of aliphatic hydroxyl groups excluding tert-OH is 1. The number of hydrogen-bond donors (Lipinski definition) is 3. The maximum absolute atomic E-state index is 11.3. The van der Waals surface area contributed by atoms with Gasteiger partial charge >= 0.3 is 5.97 Å². The molecule has 0 fully saturated rings. The van der Waals surface area contributed by atoms with Crippen LogP contribution >= 0.6 is 11.6 Å². The fourth-order valence-corrected chi connectivity index (χ4v) is 4.95. The Hall–Kier alpha value is -3.22. The predicted octanol–water partition coefficient (Wildman–Crippen LogP) is 6.91. The molecule has 3 N–H and O–H groups in total. The number of carboxylic acids is 1. The van der Waals surface area contributed by atoms with Crippen LogP contribution in [0.2, 0.25) is 5.02 Å². The van der Waals surface area contributed by atoms with Gasteiger partial charge in [-0.3, -0.25) is 0 Å². The number of aromatic carboxylic acids is 1. The van der Waals surface area contributed by atoms with Gasteiger partial charge in [0.25, 0.3) is 0 Å². The molecule has 0 aliphatic carbocycles. The third-order valence-corrected chi connectivity index (χ3v) is 7.04. The first-order valence-electron chi connectivity index (χ1n) is 12.8. The number of fused-ring (bicyclic) bond motifs is 1. The number of carbonyl (C=O) groups is 1. The van der Waals surface area contributed by atoms with Gasteiger partial charge in [0.05, 0.1) is 29.4 Å². The first-order chi connectivity index (χ1) is 18.1. The molecular weight excluding hydrogens is 498 g/mol. The van der Waals surface area contributed by atoms with Gasteiger partial charge in [0.15, 0.2) is 0 Å². The highest BCUT2D eigenvalue weighted by Crippen LogP contribution is 2.32. The van der Waals surface area contributed by atoms with Crippen molar-refractivity contribution in [1.29, 1.82) is 0 Å². The van der Waals surface area contributed by atoms with E-state index in [0.717, 1.165) is 23.1 Å². The highest BCUT2D eigenvalue weighted by molar-refractivity contribution is 6.33. The van der Waals surface area contributed by atoms with Crippen LogP contribution < -0.4 is 5.32 Å². The molecule has 2 atom stereocenters. The number of benzene rings is 4. The summed E-state index contributed by atoms with van der Waals surface area (Å²) in [6, 6.07) is 27.6. The Labute approximate surface area is 229 Å². The van der Waals surface area contributed by atoms with Crippen molar-refractivity contribution >= 4 is 28.3 Å². The van der Waals surface area contributed by atoms with Crippen LogP contribution in [0.15, 0.2) is 84.9 Å². The minimum Gasteiger partial charge on any atom is -0.478 e. The Bertz CT molecular complexity index is 1420. The summed E-state index contributed by atoms with van der Waals surface area (Å²) < 4.78 is 6.06. The Balaban J connectivity index is 1.34. The second-order valence-electron chi connectivity index (χ2n) is 10.3. The minimum atomic E-state index is -1.06. The van der Waals surface area contributed by atoms with Crippen molar-refractivity contribution in [3.63, 3.8) is 0 Å². The number of halogens is 1. The number of aliphatic hydroxyl groups is 1. The Kier molecular flexibility index (Phi) is 8.85. The zero-order valence-electron chi connectivity index (χ0n) is 21.9. The molecule has 4 aromatic rings. The van der Waals surface area contributed by atoms with Crippen molar-refractivity contribution in [2.45, 2.75) is 44.9 Å². The van der Waals surface area contributed by atoms with Crippen LogP contribution in [-0.2, 0) is 11.2 Å². The van der Waals surface area contributed by atoms with Gasteiger partial charge in [-0.1, -0.05) is 84.4 Å². The van der Waals surface area contributed by atoms with E-state index in [0.29, 0.717) is 6.54 Å². The predicted molar refractivity (Wildman–Crippen MR) is 154 cm³/mol. The number of carboxylic acid groups (broad SMARTS) is 1. The molecule has 1 unspecified atom stereocenters. The molecule has 6 heteroatoms. The van der Waals surface area contributed by atoms with Crippen LogP contribution in [0.4, 0.5) is 0 Å². The van der Waals surface area contributed by atoms with Gasteiger partial charge in [0.2, 0.25) is 0 Å². The minimum absolute atomic E-state index is 0.0661. The van der Waals surface area contributed by atoms with E-state index >= 15 is 0 Å². The molecule has 0 radical (unpaired) electrons. The van der Waals surface area contributed by atoms with Crippen LogP contribution in [0.25, 0.3) is 21.9 Å². The maximum atomic E-state index is 11.3. The molecular formula is C32H34ClNO4. The maximum Gasteiger partial charge on any atom is 0.337 e. The molecule has 0 aliphatic rings. The molecule has 38 heavy (non-hydrogen) atoms. The zero-order valence-corrected chi connectivity index (χ0v) is 22.7. The molecule has 198 valence electrons. The second-order valence-corrected chi connectivity index (χ2v) is 10.7. The quantitative estimate of drug-likeness (QED) is 0.196. The van der Waals surface area contributed by atoms with E-state index in [1.165, 1.54) is 22.4 Å². The van der Waals surface area contributed by atoms with Crippen LogP contribution in [0.1, 0.15) is 48.4 Å². The van der Waals surface area contributed by atoms with Gasteiger partial charge in [-0.15, -0.1) is 0 Å². The summed E-state index contributed by atoms with van der Waals surface area (Å²) in [4.78, 5) is 11.3. The zero-order chi connectivity index (χ0) is 27.3. The smallest absolute Gasteiger partial charge is 0.337 e. The van der Waals surface area contributed by atoms with Gasteiger partial charge in [-0.05, 0) is 72.4 Å². The average molecular weight is 532 g/mol. The summed E-state index contributed by atoms with van der Waals surface area (Å²) in [6.07, 6.45) is -0.132. The second kappa shape index (κ2) is 12.1. The number of hydrogen-bond acceptors (Lipinski definition) is 4. The van der Waals surface area contributed by atoms with Crippen molar-refractivity contribution in [3.8, 4) is 11.1 Å². The molecule has 5 nitrogen and oxygen atoms in total. The van der Waals surface area contributed by atoms with Crippen molar-refractivity contribution < 1.29 is 19.7 Å². The van der Waals surface area contributed by atoms with Crippen LogP contribution in [-0.4, -0.2) is 41.0 Å². The molecule has 0 bridgehead atoms. The molecule has 0 aromatic heterocycles.